The molecule has 0 aliphatic rings. The van der Waals surface area contributed by atoms with Crippen molar-refractivity contribution in [2.24, 2.45) is 4.99 Å². The van der Waals surface area contributed by atoms with Crippen LogP contribution < -0.4 is 10.6 Å². The molecule has 0 saturated heterocycles. The molecule has 0 unspecified atom stereocenters. The third kappa shape index (κ3) is 5.29. The molecular formula is C20H25N7O. The van der Waals surface area contributed by atoms with Crippen LogP contribution in [0.3, 0.4) is 0 Å². The molecule has 1 aromatic carbocycles. The highest BCUT2D eigenvalue weighted by Gasteiger charge is 2.08. The fraction of sp³-hybridized carbons (Fsp3) is 0.300. The Hall–Kier alpha value is -3.42. The first-order valence-corrected chi connectivity index (χ1v) is 9.18. The molecule has 0 spiro atoms. The van der Waals surface area contributed by atoms with Crippen molar-refractivity contribution in [2.45, 2.75) is 13.0 Å². The summed E-state index contributed by atoms with van der Waals surface area (Å²) in [5.74, 6) is 1.28. The van der Waals surface area contributed by atoms with Gasteiger partial charge in [0, 0.05) is 26.8 Å². The second kappa shape index (κ2) is 9.50. The number of aliphatic imine (C=N–C) groups is 1. The molecule has 2 N–H and O–H groups in total. The van der Waals surface area contributed by atoms with Gasteiger partial charge in [-0.1, -0.05) is 36.4 Å². The van der Waals surface area contributed by atoms with E-state index in [0.717, 1.165) is 17.9 Å². The molecule has 0 bridgehead atoms. The topological polar surface area (TPSA) is 86.9 Å². The number of benzene rings is 1. The van der Waals surface area contributed by atoms with Crippen molar-refractivity contribution in [2.75, 3.05) is 27.2 Å². The number of carbonyl (C=O) groups excluding carboxylic acids is 1. The first-order valence-electron chi connectivity index (χ1n) is 9.18. The zero-order valence-corrected chi connectivity index (χ0v) is 16.2. The Bertz CT molecular complexity index is 934. The first kappa shape index (κ1) is 19.3. The van der Waals surface area contributed by atoms with Gasteiger partial charge in [-0.2, -0.15) is 0 Å². The number of guanidine groups is 1. The molecule has 8 heteroatoms. The van der Waals surface area contributed by atoms with E-state index in [9.17, 15) is 4.79 Å². The van der Waals surface area contributed by atoms with Crippen LogP contribution in [0.2, 0.25) is 0 Å². The second-order valence-electron chi connectivity index (χ2n) is 6.51. The summed E-state index contributed by atoms with van der Waals surface area (Å²) in [6.45, 7) is 1.22. The molecule has 0 radical (unpaired) electrons. The van der Waals surface area contributed by atoms with Gasteiger partial charge in [-0.15, -0.1) is 10.2 Å². The Morgan fingerprint density at radius 2 is 1.86 bits per heavy atom. The van der Waals surface area contributed by atoms with Gasteiger partial charge in [0.25, 0.3) is 0 Å². The van der Waals surface area contributed by atoms with Crippen molar-refractivity contribution in [1.29, 1.82) is 0 Å². The zero-order valence-electron chi connectivity index (χ0n) is 16.2. The van der Waals surface area contributed by atoms with Crippen LogP contribution in [0.15, 0.2) is 59.7 Å². The van der Waals surface area contributed by atoms with E-state index >= 15 is 0 Å². The number of nitrogens with zero attached hydrogens (tertiary/aromatic N) is 5. The SMILES string of the molecule is CN(C)C(=O)CNC(=NCc1nnc2ccccn12)NCCc1ccccc1. The maximum atomic E-state index is 11.9. The molecule has 0 aliphatic heterocycles. The first-order chi connectivity index (χ1) is 13.6. The molecule has 8 nitrogen and oxygen atoms in total. The maximum absolute atomic E-state index is 11.9. The number of rotatable bonds is 7. The van der Waals surface area contributed by atoms with Gasteiger partial charge < -0.3 is 15.5 Å². The summed E-state index contributed by atoms with van der Waals surface area (Å²) in [7, 11) is 3.46. The van der Waals surface area contributed by atoms with Crippen LogP contribution in [0, 0.1) is 0 Å². The number of aromatic nitrogens is 3. The summed E-state index contributed by atoms with van der Waals surface area (Å²) in [4.78, 5) is 18.0. The van der Waals surface area contributed by atoms with E-state index in [1.807, 2.05) is 47.0 Å². The standard InChI is InChI=1S/C20H25N7O/c1-26(2)19(28)15-23-20(21-12-11-16-8-4-3-5-9-16)22-14-18-25-24-17-10-6-7-13-27(17)18/h3-10,13H,11-12,14-15H2,1-2H3,(H2,21,22,23). The van der Waals surface area contributed by atoms with Crippen LogP contribution in [-0.2, 0) is 17.8 Å². The molecular weight excluding hydrogens is 354 g/mol. The molecule has 2 aromatic heterocycles. The van der Waals surface area contributed by atoms with Gasteiger partial charge in [-0.3, -0.25) is 9.20 Å². The number of hydrogen-bond acceptors (Lipinski definition) is 4. The fourth-order valence-corrected chi connectivity index (χ4v) is 2.61. The van der Waals surface area contributed by atoms with Crippen LogP contribution in [0.1, 0.15) is 11.4 Å². The Morgan fingerprint density at radius 1 is 1.07 bits per heavy atom. The minimum atomic E-state index is -0.0227. The van der Waals surface area contributed by atoms with E-state index in [0.29, 0.717) is 19.0 Å². The molecule has 2 heterocycles. The predicted octanol–water partition coefficient (Wildman–Crippen LogP) is 1.10. The van der Waals surface area contributed by atoms with E-state index in [2.05, 4.69) is 38.0 Å². The van der Waals surface area contributed by atoms with Gasteiger partial charge in [0.2, 0.25) is 5.91 Å². The van der Waals surface area contributed by atoms with Crippen molar-refractivity contribution < 1.29 is 4.79 Å². The summed E-state index contributed by atoms with van der Waals surface area (Å²) < 4.78 is 1.90. The number of fused-ring (bicyclic) bond motifs is 1. The number of hydrogen-bond donors (Lipinski definition) is 2. The lowest BCUT2D eigenvalue weighted by Gasteiger charge is -2.15. The van der Waals surface area contributed by atoms with E-state index < -0.39 is 0 Å². The van der Waals surface area contributed by atoms with Crippen molar-refractivity contribution >= 4 is 17.5 Å². The molecule has 0 aliphatic carbocycles. The Kier molecular flexibility index (Phi) is 6.56. The molecule has 3 rings (SSSR count). The second-order valence-corrected chi connectivity index (χ2v) is 6.51. The summed E-state index contributed by atoms with van der Waals surface area (Å²) in [6, 6.07) is 16.0. The van der Waals surface area contributed by atoms with Crippen LogP contribution in [0.4, 0.5) is 0 Å². The highest BCUT2D eigenvalue weighted by molar-refractivity contribution is 5.86. The molecule has 0 saturated carbocycles. The zero-order chi connectivity index (χ0) is 19.8. The molecule has 146 valence electrons. The van der Waals surface area contributed by atoms with Crippen molar-refractivity contribution in [1.82, 2.24) is 30.1 Å². The van der Waals surface area contributed by atoms with Crippen molar-refractivity contribution in [3.05, 3.63) is 66.1 Å². The fourth-order valence-electron chi connectivity index (χ4n) is 2.61. The Labute approximate surface area is 164 Å². The Balaban J connectivity index is 1.65. The quantitative estimate of drug-likeness (QED) is 0.474. The summed E-state index contributed by atoms with van der Waals surface area (Å²) in [5, 5.41) is 14.7. The van der Waals surface area contributed by atoms with Gasteiger partial charge in [0.05, 0.1) is 6.54 Å². The minimum absolute atomic E-state index is 0.0227. The maximum Gasteiger partial charge on any atom is 0.241 e. The summed E-state index contributed by atoms with van der Waals surface area (Å²) in [6.07, 6.45) is 2.77. The van der Waals surface area contributed by atoms with Gasteiger partial charge in [0.15, 0.2) is 17.4 Å². The molecule has 0 atom stereocenters. The Morgan fingerprint density at radius 3 is 2.64 bits per heavy atom. The van der Waals surface area contributed by atoms with Gasteiger partial charge in [-0.05, 0) is 24.1 Å². The van der Waals surface area contributed by atoms with Crippen LogP contribution in [0.5, 0.6) is 0 Å². The average Bonchev–Trinajstić information content (AvgIpc) is 3.13. The number of nitrogens with one attached hydrogen (secondary N) is 2. The van der Waals surface area contributed by atoms with E-state index in [1.165, 1.54) is 5.56 Å². The normalized spacial score (nSPS) is 11.4. The summed E-state index contributed by atoms with van der Waals surface area (Å²) in [5.41, 5.74) is 2.02. The van der Waals surface area contributed by atoms with Crippen LogP contribution in [0.25, 0.3) is 5.65 Å². The highest BCUT2D eigenvalue weighted by Crippen LogP contribution is 2.04. The number of likely N-dealkylation sites (N-methyl/N-ethyl adjacent to an activating group) is 1. The lowest BCUT2D eigenvalue weighted by molar-refractivity contribution is -0.127. The van der Waals surface area contributed by atoms with E-state index in [4.69, 9.17) is 0 Å². The van der Waals surface area contributed by atoms with Gasteiger partial charge in [-0.25, -0.2) is 4.99 Å². The van der Waals surface area contributed by atoms with E-state index in [1.54, 1.807) is 19.0 Å². The smallest absolute Gasteiger partial charge is 0.241 e. The monoisotopic (exact) mass is 379 g/mol. The molecule has 0 fully saturated rings. The van der Waals surface area contributed by atoms with E-state index in [-0.39, 0.29) is 12.5 Å². The highest BCUT2D eigenvalue weighted by atomic mass is 16.2. The van der Waals surface area contributed by atoms with Gasteiger partial charge in [0.1, 0.15) is 6.54 Å². The largest absolute Gasteiger partial charge is 0.356 e. The van der Waals surface area contributed by atoms with Crippen molar-refractivity contribution in [3.63, 3.8) is 0 Å². The van der Waals surface area contributed by atoms with Crippen molar-refractivity contribution in [3.8, 4) is 0 Å². The minimum Gasteiger partial charge on any atom is -0.356 e. The third-order valence-electron chi connectivity index (χ3n) is 4.22. The molecule has 28 heavy (non-hydrogen) atoms. The van der Waals surface area contributed by atoms with Gasteiger partial charge >= 0.3 is 0 Å². The van der Waals surface area contributed by atoms with Crippen LogP contribution >= 0.6 is 0 Å². The molecule has 3 aromatic rings. The lowest BCUT2D eigenvalue weighted by Crippen LogP contribution is -2.43. The molecule has 1 amide bonds. The summed E-state index contributed by atoms with van der Waals surface area (Å²) >= 11 is 0. The predicted molar refractivity (Wildman–Crippen MR) is 109 cm³/mol. The number of amides is 1. The third-order valence-corrected chi connectivity index (χ3v) is 4.22. The lowest BCUT2D eigenvalue weighted by atomic mass is 10.1. The number of pyridine rings is 1. The van der Waals surface area contributed by atoms with Crippen LogP contribution in [-0.4, -0.2) is 58.5 Å². The average molecular weight is 379 g/mol. The number of carbonyl (C=O) groups is 1.